The van der Waals surface area contributed by atoms with Crippen LogP contribution >= 0.6 is 11.6 Å². The topological polar surface area (TPSA) is 107 Å². The Morgan fingerprint density at radius 1 is 1.42 bits per heavy atom. The van der Waals surface area contributed by atoms with E-state index in [0.29, 0.717) is 0 Å². The molecule has 2 aromatic rings. The Bertz CT molecular complexity index is 652. The van der Waals surface area contributed by atoms with E-state index < -0.39 is 16.4 Å². The van der Waals surface area contributed by atoms with Gasteiger partial charge in [-0.25, -0.2) is 14.4 Å². The quantitative estimate of drug-likeness (QED) is 0.662. The number of nitrogens with two attached hydrogens (primary N) is 1. The van der Waals surface area contributed by atoms with Gasteiger partial charge in [-0.2, -0.15) is 0 Å². The van der Waals surface area contributed by atoms with Gasteiger partial charge in [0.15, 0.2) is 0 Å². The van der Waals surface area contributed by atoms with Gasteiger partial charge in [-0.1, -0.05) is 11.6 Å². The number of rotatable bonds is 3. The van der Waals surface area contributed by atoms with E-state index in [2.05, 4.69) is 15.3 Å². The minimum absolute atomic E-state index is 0.0535. The van der Waals surface area contributed by atoms with Gasteiger partial charge in [-0.15, -0.1) is 0 Å². The number of aromatic nitrogens is 2. The molecule has 0 aliphatic carbocycles. The summed E-state index contributed by atoms with van der Waals surface area (Å²) in [4.78, 5) is 17.4. The fraction of sp³-hybridized carbons (Fsp3) is 0. The van der Waals surface area contributed by atoms with Crippen molar-refractivity contribution in [1.82, 2.24) is 9.97 Å². The molecule has 0 aliphatic heterocycles. The van der Waals surface area contributed by atoms with Crippen molar-refractivity contribution < 1.29 is 9.31 Å². The summed E-state index contributed by atoms with van der Waals surface area (Å²) in [5.41, 5.74) is 5.18. The molecule has 0 bridgehead atoms. The normalized spacial score (nSPS) is 10.2. The standard InChI is InChI=1S/C10H7ClFN5O2/c11-6-2-1-5(3-7(6)12)16-10-8(17(18)19)9(13)14-4-15-10/h1-4H,(H3,13,14,15,16). The third-order valence-electron chi connectivity index (χ3n) is 2.22. The molecular weight excluding hydrogens is 277 g/mol. The monoisotopic (exact) mass is 283 g/mol. The van der Waals surface area contributed by atoms with Gasteiger partial charge in [0.2, 0.25) is 11.6 Å². The number of nitrogens with zero attached hydrogens (tertiary/aromatic N) is 3. The van der Waals surface area contributed by atoms with E-state index in [9.17, 15) is 14.5 Å². The van der Waals surface area contributed by atoms with Crippen LogP contribution in [0, 0.1) is 15.9 Å². The third kappa shape index (κ3) is 2.68. The van der Waals surface area contributed by atoms with Gasteiger partial charge < -0.3 is 11.1 Å². The molecule has 3 N–H and O–H groups in total. The molecule has 2 rings (SSSR count). The lowest BCUT2D eigenvalue weighted by atomic mass is 10.3. The molecule has 19 heavy (non-hydrogen) atoms. The minimum atomic E-state index is -0.718. The van der Waals surface area contributed by atoms with Crippen LogP contribution in [-0.4, -0.2) is 14.9 Å². The van der Waals surface area contributed by atoms with E-state index in [1.54, 1.807) is 0 Å². The number of hydrogen-bond acceptors (Lipinski definition) is 6. The summed E-state index contributed by atoms with van der Waals surface area (Å²) in [6, 6.07) is 3.85. The number of benzene rings is 1. The first kappa shape index (κ1) is 13.0. The first-order valence-electron chi connectivity index (χ1n) is 4.96. The molecule has 0 saturated carbocycles. The Kier molecular flexibility index (Phi) is 3.43. The van der Waals surface area contributed by atoms with Crippen LogP contribution in [0.5, 0.6) is 0 Å². The van der Waals surface area contributed by atoms with Crippen LogP contribution in [0.2, 0.25) is 5.02 Å². The second kappa shape index (κ2) is 5.02. The van der Waals surface area contributed by atoms with Gasteiger partial charge in [-0.3, -0.25) is 10.1 Å². The number of hydrogen-bond donors (Lipinski definition) is 2. The Morgan fingerprint density at radius 2 is 2.16 bits per heavy atom. The largest absolute Gasteiger partial charge is 0.378 e. The lowest BCUT2D eigenvalue weighted by molar-refractivity contribution is -0.383. The van der Waals surface area contributed by atoms with Crippen LogP contribution in [0.25, 0.3) is 0 Å². The molecule has 7 nitrogen and oxygen atoms in total. The molecule has 0 amide bonds. The van der Waals surface area contributed by atoms with E-state index in [1.807, 2.05) is 0 Å². The van der Waals surface area contributed by atoms with Gasteiger partial charge >= 0.3 is 5.69 Å². The highest BCUT2D eigenvalue weighted by Crippen LogP contribution is 2.29. The van der Waals surface area contributed by atoms with Crippen molar-refractivity contribution in [2.75, 3.05) is 11.1 Å². The molecule has 1 heterocycles. The van der Waals surface area contributed by atoms with Gasteiger partial charge in [-0.05, 0) is 18.2 Å². The van der Waals surface area contributed by atoms with Crippen molar-refractivity contribution in [3.05, 3.63) is 45.5 Å². The summed E-state index contributed by atoms with van der Waals surface area (Å²) in [5, 5.41) is 13.4. The zero-order chi connectivity index (χ0) is 14.0. The van der Waals surface area contributed by atoms with Crippen LogP contribution in [0.3, 0.4) is 0 Å². The molecular formula is C10H7ClFN5O2. The summed E-state index contributed by atoms with van der Waals surface area (Å²) in [6.45, 7) is 0. The predicted octanol–water partition coefficient (Wildman–Crippen LogP) is 2.50. The maximum Gasteiger partial charge on any atom is 0.353 e. The van der Waals surface area contributed by atoms with Crippen LogP contribution in [0.1, 0.15) is 0 Å². The van der Waals surface area contributed by atoms with Gasteiger partial charge in [0.1, 0.15) is 12.1 Å². The molecule has 0 atom stereocenters. The van der Waals surface area contributed by atoms with E-state index >= 15 is 0 Å². The first-order chi connectivity index (χ1) is 8.99. The highest BCUT2D eigenvalue weighted by molar-refractivity contribution is 6.30. The molecule has 1 aromatic carbocycles. The molecule has 0 unspecified atom stereocenters. The highest BCUT2D eigenvalue weighted by Gasteiger charge is 2.21. The molecule has 1 aromatic heterocycles. The Hall–Kier alpha value is -2.48. The third-order valence-corrected chi connectivity index (χ3v) is 2.52. The van der Waals surface area contributed by atoms with Gasteiger partial charge in [0.05, 0.1) is 9.95 Å². The number of nitro groups is 1. The van der Waals surface area contributed by atoms with Crippen molar-refractivity contribution in [2.45, 2.75) is 0 Å². The molecule has 0 saturated heterocycles. The average molecular weight is 284 g/mol. The number of halogens is 2. The van der Waals surface area contributed by atoms with Gasteiger partial charge in [0.25, 0.3) is 0 Å². The lowest BCUT2D eigenvalue weighted by Crippen LogP contribution is -2.05. The van der Waals surface area contributed by atoms with Gasteiger partial charge in [0, 0.05) is 5.69 Å². The van der Waals surface area contributed by atoms with Crippen molar-refractivity contribution >= 4 is 34.6 Å². The summed E-state index contributed by atoms with van der Waals surface area (Å²) < 4.78 is 13.3. The summed E-state index contributed by atoms with van der Waals surface area (Å²) >= 11 is 5.53. The van der Waals surface area contributed by atoms with E-state index in [0.717, 1.165) is 12.4 Å². The van der Waals surface area contributed by atoms with Crippen molar-refractivity contribution in [3.63, 3.8) is 0 Å². The number of nitrogen functional groups attached to an aromatic ring is 1. The highest BCUT2D eigenvalue weighted by atomic mass is 35.5. The Balaban J connectivity index is 2.40. The number of nitrogens with one attached hydrogen (secondary N) is 1. The zero-order valence-corrected chi connectivity index (χ0v) is 10.1. The maximum atomic E-state index is 13.3. The molecule has 98 valence electrons. The summed E-state index contributed by atoms with van der Waals surface area (Å²) in [6.07, 6.45) is 1.07. The van der Waals surface area contributed by atoms with E-state index in [-0.39, 0.29) is 22.3 Å². The predicted molar refractivity (Wildman–Crippen MR) is 67.8 cm³/mol. The minimum Gasteiger partial charge on any atom is -0.378 e. The fourth-order valence-electron chi connectivity index (χ4n) is 1.37. The second-order valence-electron chi connectivity index (χ2n) is 3.47. The molecule has 0 spiro atoms. The molecule has 0 aliphatic rings. The maximum absolute atomic E-state index is 13.3. The molecule has 0 radical (unpaired) electrons. The zero-order valence-electron chi connectivity index (χ0n) is 9.30. The van der Waals surface area contributed by atoms with E-state index in [4.69, 9.17) is 17.3 Å². The van der Waals surface area contributed by atoms with Crippen LogP contribution in [0.15, 0.2) is 24.5 Å². The first-order valence-corrected chi connectivity index (χ1v) is 5.34. The average Bonchev–Trinajstić information content (AvgIpc) is 2.33. The van der Waals surface area contributed by atoms with Crippen LogP contribution < -0.4 is 11.1 Å². The Labute approximate surface area is 111 Å². The Morgan fingerprint density at radius 3 is 2.79 bits per heavy atom. The lowest BCUT2D eigenvalue weighted by Gasteiger charge is -2.07. The summed E-state index contributed by atoms with van der Waals surface area (Å²) in [7, 11) is 0. The molecule has 0 fully saturated rings. The van der Waals surface area contributed by atoms with Crippen molar-refractivity contribution in [3.8, 4) is 0 Å². The van der Waals surface area contributed by atoms with Crippen LogP contribution in [-0.2, 0) is 0 Å². The second-order valence-corrected chi connectivity index (χ2v) is 3.87. The van der Waals surface area contributed by atoms with E-state index in [1.165, 1.54) is 12.1 Å². The molecule has 9 heteroatoms. The SMILES string of the molecule is Nc1ncnc(Nc2ccc(Cl)c(F)c2)c1[N+](=O)[O-]. The number of anilines is 3. The van der Waals surface area contributed by atoms with Crippen LogP contribution in [0.4, 0.5) is 27.4 Å². The summed E-state index contributed by atoms with van der Waals surface area (Å²) in [5.74, 6) is -1.06. The van der Waals surface area contributed by atoms with Crippen molar-refractivity contribution in [2.24, 2.45) is 0 Å². The smallest absolute Gasteiger partial charge is 0.353 e. The fourth-order valence-corrected chi connectivity index (χ4v) is 1.49. The van der Waals surface area contributed by atoms with Crippen molar-refractivity contribution in [1.29, 1.82) is 0 Å².